The van der Waals surface area contributed by atoms with Crippen molar-refractivity contribution in [3.05, 3.63) is 83.4 Å². The SMILES string of the molecule is CNC(C)C(=O)NC(C=O)(N1CC(=O)N2[C@@H](Cc3ccc4ccccc4c3)C(=O)N(C3Cc4ccccc4C(C)C3)C[C@@H]21)C(C)(C)C. The van der Waals surface area contributed by atoms with Gasteiger partial charge >= 0.3 is 0 Å². The summed E-state index contributed by atoms with van der Waals surface area (Å²) in [7, 11) is 1.69. The van der Waals surface area contributed by atoms with Gasteiger partial charge in [0.15, 0.2) is 11.9 Å². The number of benzene rings is 3. The van der Waals surface area contributed by atoms with E-state index >= 15 is 0 Å². The van der Waals surface area contributed by atoms with E-state index in [1.54, 1.807) is 18.9 Å². The Bertz CT molecular complexity index is 1700. The number of fused-ring (bicyclic) bond motifs is 3. The molecule has 4 unspecified atom stereocenters. The summed E-state index contributed by atoms with van der Waals surface area (Å²) < 4.78 is 0. The van der Waals surface area contributed by atoms with Crippen LogP contribution in [-0.2, 0) is 32.0 Å². The van der Waals surface area contributed by atoms with Crippen LogP contribution in [0.5, 0.6) is 0 Å². The molecule has 248 valence electrons. The number of hydrogen-bond donors (Lipinski definition) is 2. The first-order valence-corrected chi connectivity index (χ1v) is 16.8. The molecule has 9 heteroatoms. The van der Waals surface area contributed by atoms with Crippen molar-refractivity contribution in [2.24, 2.45) is 5.41 Å². The summed E-state index contributed by atoms with van der Waals surface area (Å²) in [6.07, 6.45) is 2.06. The maximum atomic E-state index is 14.7. The maximum absolute atomic E-state index is 14.7. The number of rotatable bonds is 8. The van der Waals surface area contributed by atoms with Crippen molar-refractivity contribution in [1.29, 1.82) is 0 Å². The van der Waals surface area contributed by atoms with Gasteiger partial charge < -0.3 is 20.4 Å². The molecule has 6 rings (SSSR count). The lowest BCUT2D eigenvalue weighted by atomic mass is 9.78. The van der Waals surface area contributed by atoms with Crippen molar-refractivity contribution >= 4 is 34.8 Å². The van der Waals surface area contributed by atoms with Crippen LogP contribution in [0.1, 0.15) is 63.6 Å². The van der Waals surface area contributed by atoms with E-state index < -0.39 is 29.3 Å². The molecule has 3 aliphatic rings. The number of likely N-dealkylation sites (N-methyl/N-ethyl adjacent to an activating group) is 1. The normalized spacial score (nSPS) is 25.2. The van der Waals surface area contributed by atoms with Gasteiger partial charge in [0, 0.05) is 17.9 Å². The number of nitrogens with one attached hydrogen (secondary N) is 2. The monoisotopic (exact) mass is 637 g/mol. The standard InChI is InChI=1S/C38H47N5O4/c1-24-17-30(20-29-13-9-10-14-31(24)29)41-21-33-42(38(23-44,37(3,4)5)40-35(46)25(2)39-6)22-34(45)43(33)32(36(41)47)19-26-15-16-27-11-7-8-12-28(27)18-26/h7-16,18,23-25,30,32-33,39H,17,19-22H2,1-6H3,(H,40,46)/t24?,25?,30?,32-,33+,38?/m0/s1. The number of nitrogens with zero attached hydrogens (tertiary/aromatic N) is 3. The van der Waals surface area contributed by atoms with E-state index in [2.05, 4.69) is 60.0 Å². The lowest BCUT2D eigenvalue weighted by Gasteiger charge is -2.53. The quantitative estimate of drug-likeness (QED) is 0.364. The summed E-state index contributed by atoms with van der Waals surface area (Å²) in [5.41, 5.74) is 1.23. The molecule has 3 aromatic rings. The highest BCUT2D eigenvalue weighted by Gasteiger charge is 2.60. The molecule has 9 nitrogen and oxygen atoms in total. The summed E-state index contributed by atoms with van der Waals surface area (Å²) in [6, 6.07) is 21.3. The highest BCUT2D eigenvalue weighted by atomic mass is 16.2. The van der Waals surface area contributed by atoms with E-state index in [9.17, 15) is 19.2 Å². The fraction of sp³-hybridized carbons (Fsp3) is 0.474. The molecule has 2 N–H and O–H groups in total. The van der Waals surface area contributed by atoms with Gasteiger partial charge in [-0.2, -0.15) is 0 Å². The van der Waals surface area contributed by atoms with Gasteiger partial charge in [0.2, 0.25) is 17.7 Å². The van der Waals surface area contributed by atoms with Gasteiger partial charge in [-0.25, -0.2) is 4.90 Å². The van der Waals surface area contributed by atoms with Crippen LogP contribution >= 0.6 is 0 Å². The minimum atomic E-state index is -1.50. The van der Waals surface area contributed by atoms with Crippen LogP contribution in [0.4, 0.5) is 0 Å². The minimum Gasteiger partial charge on any atom is -0.334 e. The molecule has 0 radical (unpaired) electrons. The van der Waals surface area contributed by atoms with Crippen LogP contribution < -0.4 is 10.6 Å². The van der Waals surface area contributed by atoms with E-state index in [1.165, 1.54) is 11.1 Å². The minimum absolute atomic E-state index is 0.0645. The molecule has 2 heterocycles. The van der Waals surface area contributed by atoms with Crippen LogP contribution in [0.25, 0.3) is 10.8 Å². The first-order chi connectivity index (χ1) is 22.4. The highest BCUT2D eigenvalue weighted by molar-refractivity contribution is 5.93. The molecule has 2 saturated heterocycles. The molecular weight excluding hydrogens is 590 g/mol. The van der Waals surface area contributed by atoms with Crippen molar-refractivity contribution < 1.29 is 19.2 Å². The van der Waals surface area contributed by atoms with Crippen LogP contribution in [-0.4, -0.2) is 88.8 Å². The summed E-state index contributed by atoms with van der Waals surface area (Å²) in [6.45, 7) is 9.80. The first kappa shape index (κ1) is 32.8. The number of amides is 3. The van der Waals surface area contributed by atoms with Gasteiger partial charge in [0.05, 0.1) is 19.1 Å². The Morgan fingerprint density at radius 2 is 1.72 bits per heavy atom. The average Bonchev–Trinajstić information content (AvgIpc) is 3.39. The fourth-order valence-electron chi connectivity index (χ4n) is 7.96. The predicted octanol–water partition coefficient (Wildman–Crippen LogP) is 3.85. The van der Waals surface area contributed by atoms with E-state index in [0.29, 0.717) is 6.42 Å². The third kappa shape index (κ3) is 5.74. The summed E-state index contributed by atoms with van der Waals surface area (Å²) in [4.78, 5) is 61.1. The summed E-state index contributed by atoms with van der Waals surface area (Å²) in [5.74, 6) is -0.361. The first-order valence-electron chi connectivity index (χ1n) is 16.8. The molecule has 47 heavy (non-hydrogen) atoms. The van der Waals surface area contributed by atoms with Gasteiger partial charge in [-0.05, 0) is 60.2 Å². The topological polar surface area (TPSA) is 102 Å². The van der Waals surface area contributed by atoms with Crippen LogP contribution in [0.15, 0.2) is 66.7 Å². The lowest BCUT2D eigenvalue weighted by Crippen LogP contribution is -2.74. The van der Waals surface area contributed by atoms with Gasteiger partial charge in [0.25, 0.3) is 0 Å². The second kappa shape index (κ2) is 12.5. The van der Waals surface area contributed by atoms with E-state index in [1.807, 2.05) is 54.8 Å². The van der Waals surface area contributed by atoms with Crippen molar-refractivity contribution in [2.45, 2.75) is 89.8 Å². The Hall–Kier alpha value is -4.08. The average molecular weight is 638 g/mol. The maximum Gasteiger partial charge on any atom is 0.246 e. The lowest BCUT2D eigenvalue weighted by molar-refractivity contribution is -0.163. The molecule has 3 aromatic carbocycles. The molecule has 0 saturated carbocycles. The Morgan fingerprint density at radius 1 is 1.02 bits per heavy atom. The Morgan fingerprint density at radius 3 is 2.43 bits per heavy atom. The summed E-state index contributed by atoms with van der Waals surface area (Å²) >= 11 is 0. The van der Waals surface area contributed by atoms with Crippen molar-refractivity contribution in [2.75, 3.05) is 20.1 Å². The Kier molecular flexibility index (Phi) is 8.74. The smallest absolute Gasteiger partial charge is 0.246 e. The highest BCUT2D eigenvalue weighted by Crippen LogP contribution is 2.41. The molecule has 6 atom stereocenters. The van der Waals surface area contributed by atoms with Gasteiger partial charge in [0.1, 0.15) is 12.2 Å². The van der Waals surface area contributed by atoms with E-state index in [0.717, 1.165) is 35.5 Å². The van der Waals surface area contributed by atoms with Crippen LogP contribution in [0, 0.1) is 5.41 Å². The van der Waals surface area contributed by atoms with Crippen molar-refractivity contribution in [3.8, 4) is 0 Å². The third-order valence-corrected chi connectivity index (χ3v) is 10.8. The second-order valence-electron chi connectivity index (χ2n) is 14.6. The Labute approximate surface area is 277 Å². The zero-order chi connectivity index (χ0) is 33.7. The fourth-order valence-corrected chi connectivity index (χ4v) is 7.96. The third-order valence-electron chi connectivity index (χ3n) is 10.8. The number of hydrogen-bond acceptors (Lipinski definition) is 6. The molecule has 3 amide bonds. The number of piperazine rings is 1. The number of carbonyl (C=O) groups is 4. The second-order valence-corrected chi connectivity index (χ2v) is 14.6. The number of carbonyl (C=O) groups excluding carboxylic acids is 4. The molecule has 1 aliphatic carbocycles. The summed E-state index contributed by atoms with van der Waals surface area (Å²) in [5, 5.41) is 8.19. The van der Waals surface area contributed by atoms with Crippen molar-refractivity contribution in [1.82, 2.24) is 25.3 Å². The molecule has 2 aliphatic heterocycles. The number of aldehydes is 1. The zero-order valence-electron chi connectivity index (χ0n) is 28.3. The van der Waals surface area contributed by atoms with E-state index in [4.69, 9.17) is 0 Å². The van der Waals surface area contributed by atoms with Crippen LogP contribution in [0.2, 0.25) is 0 Å². The molecule has 0 spiro atoms. The predicted molar refractivity (Wildman–Crippen MR) is 182 cm³/mol. The van der Waals surface area contributed by atoms with Gasteiger partial charge in [-0.3, -0.25) is 19.2 Å². The van der Waals surface area contributed by atoms with Crippen LogP contribution in [0.3, 0.4) is 0 Å². The molecule has 0 aromatic heterocycles. The molecule has 2 fully saturated rings. The molecule has 0 bridgehead atoms. The van der Waals surface area contributed by atoms with Gasteiger partial charge in [-0.15, -0.1) is 0 Å². The van der Waals surface area contributed by atoms with Gasteiger partial charge in [-0.1, -0.05) is 94.4 Å². The zero-order valence-corrected chi connectivity index (χ0v) is 28.3. The largest absolute Gasteiger partial charge is 0.334 e. The Balaban J connectivity index is 1.43. The van der Waals surface area contributed by atoms with Crippen molar-refractivity contribution in [3.63, 3.8) is 0 Å². The van der Waals surface area contributed by atoms with E-state index in [-0.39, 0.29) is 42.8 Å². The molecular formula is C38H47N5O4.